The number of rotatable bonds is 1. The van der Waals surface area contributed by atoms with E-state index in [1.54, 1.807) is 0 Å². The van der Waals surface area contributed by atoms with Crippen molar-refractivity contribution in [1.29, 1.82) is 0 Å². The third-order valence-corrected chi connectivity index (χ3v) is 2.83. The van der Waals surface area contributed by atoms with Crippen LogP contribution in [-0.4, -0.2) is 6.29 Å². The molecule has 0 N–H and O–H groups in total. The van der Waals surface area contributed by atoms with E-state index in [0.29, 0.717) is 5.92 Å². The lowest BCUT2D eigenvalue weighted by Gasteiger charge is -2.04. The molecule has 0 spiro atoms. The lowest BCUT2D eigenvalue weighted by molar-refractivity contribution is -0.105. The second-order valence-corrected chi connectivity index (χ2v) is 3.23. The van der Waals surface area contributed by atoms with Gasteiger partial charge in [-0.15, -0.1) is 0 Å². The maximum atomic E-state index is 10.6. The molecule has 0 aromatic rings. The summed E-state index contributed by atoms with van der Waals surface area (Å²) in [5.74, 6) is 0.340. The van der Waals surface area contributed by atoms with Gasteiger partial charge in [0.1, 0.15) is 6.29 Å². The molecule has 0 unspecified atom stereocenters. The Bertz CT molecular complexity index is 256. The number of aldehydes is 1. The maximum Gasteiger partial charge on any atom is 0.146 e. The Morgan fingerprint density at radius 3 is 1.91 bits per heavy atom. The Morgan fingerprint density at radius 2 is 1.73 bits per heavy atom. The van der Waals surface area contributed by atoms with Crippen LogP contribution in [0, 0.1) is 5.92 Å². The van der Waals surface area contributed by atoms with E-state index < -0.39 is 0 Å². The Labute approximate surface area is 67.8 Å². The first-order chi connectivity index (χ1) is 5.09. The van der Waals surface area contributed by atoms with Gasteiger partial charge in [-0.05, 0) is 31.9 Å². The summed E-state index contributed by atoms with van der Waals surface area (Å²) in [5, 5.41) is 0. The Kier molecular flexibility index (Phi) is 1.99. The highest BCUT2D eigenvalue weighted by Crippen LogP contribution is 2.34. The third kappa shape index (κ3) is 1.05. The predicted molar refractivity (Wildman–Crippen MR) is 46.3 cm³/mol. The third-order valence-electron chi connectivity index (χ3n) is 2.83. The van der Waals surface area contributed by atoms with E-state index in [-0.39, 0.29) is 0 Å². The fourth-order valence-corrected chi connectivity index (χ4v) is 1.59. The summed E-state index contributed by atoms with van der Waals surface area (Å²) >= 11 is 0. The lowest BCUT2D eigenvalue weighted by atomic mass is 9.99. The summed E-state index contributed by atoms with van der Waals surface area (Å²) in [7, 11) is 0. The molecule has 0 aromatic carbocycles. The van der Waals surface area contributed by atoms with Gasteiger partial charge < -0.3 is 0 Å². The van der Waals surface area contributed by atoms with Gasteiger partial charge in [-0.25, -0.2) is 0 Å². The van der Waals surface area contributed by atoms with Crippen molar-refractivity contribution >= 4 is 6.29 Å². The lowest BCUT2D eigenvalue weighted by Crippen LogP contribution is -1.97. The molecule has 0 fully saturated rings. The molecule has 0 aromatic heterocycles. The van der Waals surface area contributed by atoms with Crippen molar-refractivity contribution in [3.8, 4) is 0 Å². The van der Waals surface area contributed by atoms with Crippen molar-refractivity contribution in [2.24, 2.45) is 5.92 Å². The molecule has 1 aliphatic rings. The average Bonchev–Trinajstić information content (AvgIpc) is 2.17. The molecular weight excluding hydrogens is 136 g/mol. The van der Waals surface area contributed by atoms with E-state index in [0.717, 1.165) is 11.9 Å². The van der Waals surface area contributed by atoms with Crippen LogP contribution in [0.25, 0.3) is 0 Å². The normalized spacial score (nSPS) is 24.9. The highest BCUT2D eigenvalue weighted by Gasteiger charge is 2.22. The quantitative estimate of drug-likeness (QED) is 0.525. The largest absolute Gasteiger partial charge is 0.298 e. The van der Waals surface area contributed by atoms with Gasteiger partial charge in [0, 0.05) is 11.5 Å². The average molecular weight is 150 g/mol. The first kappa shape index (κ1) is 8.25. The van der Waals surface area contributed by atoms with Crippen LogP contribution in [0.4, 0.5) is 0 Å². The van der Waals surface area contributed by atoms with Crippen LogP contribution in [0.1, 0.15) is 27.7 Å². The number of hydrogen-bond acceptors (Lipinski definition) is 1. The standard InChI is InChI=1S/C10H14O/c1-6-7(2)9(4)10(5-11)8(6)3/h5,8H,1-4H3/t8-/m0/s1. The van der Waals surface area contributed by atoms with E-state index in [1.807, 2.05) is 6.92 Å². The number of carbonyl (C=O) groups excluding carboxylic acids is 1. The zero-order valence-electron chi connectivity index (χ0n) is 7.56. The van der Waals surface area contributed by atoms with E-state index in [2.05, 4.69) is 20.8 Å². The van der Waals surface area contributed by atoms with Crippen LogP contribution >= 0.6 is 0 Å². The van der Waals surface area contributed by atoms with Crippen LogP contribution in [0.3, 0.4) is 0 Å². The predicted octanol–water partition coefficient (Wildman–Crippen LogP) is 2.49. The summed E-state index contributed by atoms with van der Waals surface area (Å²) in [5.41, 5.74) is 4.76. The van der Waals surface area contributed by atoms with Gasteiger partial charge in [-0.3, -0.25) is 4.79 Å². The molecule has 0 heterocycles. The minimum atomic E-state index is 0.340. The molecule has 1 rings (SSSR count). The molecule has 1 atom stereocenters. The summed E-state index contributed by atoms with van der Waals surface area (Å²) in [6.45, 7) is 8.28. The fraction of sp³-hybridized carbons (Fsp3) is 0.500. The first-order valence-electron chi connectivity index (χ1n) is 3.93. The molecule has 0 bridgehead atoms. The second-order valence-electron chi connectivity index (χ2n) is 3.23. The van der Waals surface area contributed by atoms with Crippen molar-refractivity contribution in [3.63, 3.8) is 0 Å². The van der Waals surface area contributed by atoms with Gasteiger partial charge >= 0.3 is 0 Å². The molecule has 1 nitrogen and oxygen atoms in total. The van der Waals surface area contributed by atoms with E-state index in [1.165, 1.54) is 16.7 Å². The SMILES string of the molecule is CC1=C(C)[C@H](C)C(C=O)=C1C. The monoisotopic (exact) mass is 150 g/mol. The minimum Gasteiger partial charge on any atom is -0.298 e. The molecule has 11 heavy (non-hydrogen) atoms. The van der Waals surface area contributed by atoms with Crippen molar-refractivity contribution < 1.29 is 4.79 Å². The molecule has 0 saturated carbocycles. The Morgan fingerprint density at radius 1 is 1.18 bits per heavy atom. The highest BCUT2D eigenvalue weighted by atomic mass is 16.1. The molecule has 60 valence electrons. The van der Waals surface area contributed by atoms with Crippen LogP contribution in [0.15, 0.2) is 22.3 Å². The highest BCUT2D eigenvalue weighted by molar-refractivity contribution is 5.80. The van der Waals surface area contributed by atoms with Crippen LogP contribution in [0.5, 0.6) is 0 Å². The number of hydrogen-bond donors (Lipinski definition) is 0. The molecule has 0 radical (unpaired) electrons. The molecule has 0 aliphatic heterocycles. The molecule has 1 aliphatic carbocycles. The van der Waals surface area contributed by atoms with Crippen molar-refractivity contribution in [2.45, 2.75) is 27.7 Å². The minimum absolute atomic E-state index is 0.340. The second kappa shape index (κ2) is 2.65. The van der Waals surface area contributed by atoms with Crippen molar-refractivity contribution in [3.05, 3.63) is 22.3 Å². The summed E-state index contributed by atoms with van der Waals surface area (Å²) in [4.78, 5) is 10.6. The smallest absolute Gasteiger partial charge is 0.146 e. The molecule has 0 saturated heterocycles. The van der Waals surface area contributed by atoms with Gasteiger partial charge in [0.05, 0.1) is 0 Å². The summed E-state index contributed by atoms with van der Waals surface area (Å²) in [6.07, 6.45) is 0.986. The van der Waals surface area contributed by atoms with Gasteiger partial charge in [0.15, 0.2) is 0 Å². The number of carbonyl (C=O) groups is 1. The Hall–Kier alpha value is -0.850. The number of allylic oxidation sites excluding steroid dienone is 4. The van der Waals surface area contributed by atoms with Crippen LogP contribution in [0.2, 0.25) is 0 Å². The van der Waals surface area contributed by atoms with Crippen molar-refractivity contribution in [2.75, 3.05) is 0 Å². The van der Waals surface area contributed by atoms with Gasteiger partial charge in [-0.2, -0.15) is 0 Å². The first-order valence-corrected chi connectivity index (χ1v) is 3.93. The van der Waals surface area contributed by atoms with E-state index >= 15 is 0 Å². The van der Waals surface area contributed by atoms with Crippen LogP contribution < -0.4 is 0 Å². The van der Waals surface area contributed by atoms with Gasteiger partial charge in [0.25, 0.3) is 0 Å². The fourth-order valence-electron chi connectivity index (χ4n) is 1.59. The summed E-state index contributed by atoms with van der Waals surface area (Å²) < 4.78 is 0. The molecule has 1 heteroatoms. The van der Waals surface area contributed by atoms with E-state index in [9.17, 15) is 4.79 Å². The van der Waals surface area contributed by atoms with Crippen LogP contribution in [-0.2, 0) is 4.79 Å². The molecule has 0 amide bonds. The Balaban J connectivity index is 3.14. The zero-order chi connectivity index (χ0) is 8.59. The maximum absolute atomic E-state index is 10.6. The van der Waals surface area contributed by atoms with Gasteiger partial charge in [-0.1, -0.05) is 12.5 Å². The molecular formula is C10H14O. The topological polar surface area (TPSA) is 17.1 Å². The van der Waals surface area contributed by atoms with Gasteiger partial charge in [0.2, 0.25) is 0 Å². The zero-order valence-corrected chi connectivity index (χ0v) is 7.56. The van der Waals surface area contributed by atoms with Crippen molar-refractivity contribution in [1.82, 2.24) is 0 Å². The van der Waals surface area contributed by atoms with E-state index in [4.69, 9.17) is 0 Å². The summed E-state index contributed by atoms with van der Waals surface area (Å²) in [6, 6.07) is 0.